The number of esters is 1. The Bertz CT molecular complexity index is 358. The SMILES string of the molecule is CCCCCOC(=O)CCCc1cccc(C)c1. The quantitative estimate of drug-likeness (QED) is 0.512. The first-order valence-corrected chi connectivity index (χ1v) is 6.93. The third-order valence-electron chi connectivity index (χ3n) is 2.94. The number of unbranched alkanes of at least 4 members (excludes halogenated alkanes) is 2. The third-order valence-corrected chi connectivity index (χ3v) is 2.94. The van der Waals surface area contributed by atoms with E-state index in [0.717, 1.165) is 32.1 Å². The molecule has 2 nitrogen and oxygen atoms in total. The zero-order valence-corrected chi connectivity index (χ0v) is 11.6. The molecular formula is C16H24O2. The number of ether oxygens (including phenoxy) is 1. The number of hydrogen-bond acceptors (Lipinski definition) is 2. The third kappa shape index (κ3) is 6.43. The second-order valence-corrected chi connectivity index (χ2v) is 4.77. The van der Waals surface area contributed by atoms with Gasteiger partial charge in [-0.2, -0.15) is 0 Å². The molecule has 0 heterocycles. The van der Waals surface area contributed by atoms with Crippen molar-refractivity contribution < 1.29 is 9.53 Å². The van der Waals surface area contributed by atoms with Crippen LogP contribution >= 0.6 is 0 Å². The lowest BCUT2D eigenvalue weighted by Crippen LogP contribution is -2.06. The fraction of sp³-hybridized carbons (Fsp3) is 0.562. The zero-order chi connectivity index (χ0) is 13.2. The van der Waals surface area contributed by atoms with Crippen molar-refractivity contribution in [2.45, 2.75) is 52.4 Å². The van der Waals surface area contributed by atoms with Gasteiger partial charge in [-0.05, 0) is 31.7 Å². The van der Waals surface area contributed by atoms with E-state index in [9.17, 15) is 4.79 Å². The van der Waals surface area contributed by atoms with E-state index in [2.05, 4.69) is 38.1 Å². The van der Waals surface area contributed by atoms with E-state index < -0.39 is 0 Å². The summed E-state index contributed by atoms with van der Waals surface area (Å²) in [5.74, 6) is -0.0567. The Kier molecular flexibility index (Phi) is 7.16. The van der Waals surface area contributed by atoms with Gasteiger partial charge in [-0.15, -0.1) is 0 Å². The minimum absolute atomic E-state index is 0.0567. The van der Waals surface area contributed by atoms with E-state index in [1.54, 1.807) is 0 Å². The second-order valence-electron chi connectivity index (χ2n) is 4.77. The standard InChI is InChI=1S/C16H24O2/c1-3-4-5-12-18-16(17)11-7-10-15-9-6-8-14(2)13-15/h6,8-9,13H,3-5,7,10-12H2,1-2H3. The highest BCUT2D eigenvalue weighted by atomic mass is 16.5. The molecule has 2 heteroatoms. The fourth-order valence-corrected chi connectivity index (χ4v) is 1.91. The molecule has 1 aromatic carbocycles. The molecular weight excluding hydrogens is 224 g/mol. The van der Waals surface area contributed by atoms with Gasteiger partial charge in [-0.3, -0.25) is 4.79 Å². The molecule has 1 aromatic rings. The molecule has 1 rings (SSSR count). The minimum atomic E-state index is -0.0567. The largest absolute Gasteiger partial charge is 0.466 e. The Hall–Kier alpha value is -1.31. The average molecular weight is 248 g/mol. The average Bonchev–Trinajstić information content (AvgIpc) is 2.35. The maximum absolute atomic E-state index is 11.4. The van der Waals surface area contributed by atoms with E-state index in [0.29, 0.717) is 13.0 Å². The Labute approximate surface area is 110 Å². The first-order valence-electron chi connectivity index (χ1n) is 6.93. The van der Waals surface area contributed by atoms with Crippen molar-refractivity contribution in [2.24, 2.45) is 0 Å². The predicted octanol–water partition coefficient (Wildman–Crippen LogP) is 4.05. The number of aryl methyl sites for hydroxylation is 2. The summed E-state index contributed by atoms with van der Waals surface area (Å²) in [7, 11) is 0. The van der Waals surface area contributed by atoms with Gasteiger partial charge in [0.15, 0.2) is 0 Å². The van der Waals surface area contributed by atoms with Crippen LogP contribution in [0.25, 0.3) is 0 Å². The van der Waals surface area contributed by atoms with Crippen LogP contribution in [0.4, 0.5) is 0 Å². The molecule has 100 valence electrons. The molecule has 0 saturated carbocycles. The van der Waals surface area contributed by atoms with Crippen molar-refractivity contribution in [3.8, 4) is 0 Å². The first-order chi connectivity index (χ1) is 8.72. The summed E-state index contributed by atoms with van der Waals surface area (Å²) in [5, 5.41) is 0. The molecule has 0 aliphatic rings. The molecule has 0 aliphatic heterocycles. The topological polar surface area (TPSA) is 26.3 Å². The lowest BCUT2D eigenvalue weighted by molar-refractivity contribution is -0.143. The predicted molar refractivity (Wildman–Crippen MR) is 74.6 cm³/mol. The Morgan fingerprint density at radius 1 is 1.22 bits per heavy atom. The zero-order valence-electron chi connectivity index (χ0n) is 11.6. The van der Waals surface area contributed by atoms with Crippen LogP contribution in [0.15, 0.2) is 24.3 Å². The first kappa shape index (κ1) is 14.7. The minimum Gasteiger partial charge on any atom is -0.466 e. The van der Waals surface area contributed by atoms with Crippen LogP contribution in [0.5, 0.6) is 0 Å². The number of carbonyl (C=O) groups excluding carboxylic acids is 1. The van der Waals surface area contributed by atoms with E-state index in [4.69, 9.17) is 4.74 Å². The molecule has 0 N–H and O–H groups in total. The van der Waals surface area contributed by atoms with Crippen LogP contribution in [0.2, 0.25) is 0 Å². The second kappa shape index (κ2) is 8.73. The van der Waals surface area contributed by atoms with Crippen LogP contribution in [-0.4, -0.2) is 12.6 Å². The van der Waals surface area contributed by atoms with Gasteiger partial charge in [0, 0.05) is 6.42 Å². The molecule has 0 unspecified atom stereocenters. The van der Waals surface area contributed by atoms with Gasteiger partial charge in [-0.1, -0.05) is 49.6 Å². The fourth-order valence-electron chi connectivity index (χ4n) is 1.91. The summed E-state index contributed by atoms with van der Waals surface area (Å²) >= 11 is 0. The number of rotatable bonds is 8. The maximum Gasteiger partial charge on any atom is 0.305 e. The van der Waals surface area contributed by atoms with Crippen molar-refractivity contribution in [1.29, 1.82) is 0 Å². The maximum atomic E-state index is 11.4. The van der Waals surface area contributed by atoms with Crippen molar-refractivity contribution in [3.63, 3.8) is 0 Å². The van der Waals surface area contributed by atoms with Crippen molar-refractivity contribution in [1.82, 2.24) is 0 Å². The van der Waals surface area contributed by atoms with Gasteiger partial charge in [0.1, 0.15) is 0 Å². The molecule has 0 atom stereocenters. The summed E-state index contributed by atoms with van der Waals surface area (Å²) in [6, 6.07) is 8.44. The lowest BCUT2D eigenvalue weighted by atomic mass is 10.1. The Morgan fingerprint density at radius 3 is 2.78 bits per heavy atom. The highest BCUT2D eigenvalue weighted by Gasteiger charge is 2.02. The van der Waals surface area contributed by atoms with Crippen LogP contribution in [0.3, 0.4) is 0 Å². The molecule has 18 heavy (non-hydrogen) atoms. The van der Waals surface area contributed by atoms with Gasteiger partial charge in [0.05, 0.1) is 6.61 Å². The smallest absolute Gasteiger partial charge is 0.305 e. The Morgan fingerprint density at radius 2 is 2.06 bits per heavy atom. The highest BCUT2D eigenvalue weighted by Crippen LogP contribution is 2.08. The molecule has 0 fully saturated rings. The molecule has 0 radical (unpaired) electrons. The van der Waals surface area contributed by atoms with Gasteiger partial charge in [0.25, 0.3) is 0 Å². The van der Waals surface area contributed by atoms with Crippen molar-refractivity contribution >= 4 is 5.97 Å². The van der Waals surface area contributed by atoms with Crippen LogP contribution < -0.4 is 0 Å². The van der Waals surface area contributed by atoms with Crippen molar-refractivity contribution in [2.75, 3.05) is 6.61 Å². The molecule has 0 aliphatic carbocycles. The lowest BCUT2D eigenvalue weighted by Gasteiger charge is -2.05. The van der Waals surface area contributed by atoms with Crippen LogP contribution in [0.1, 0.15) is 50.2 Å². The van der Waals surface area contributed by atoms with Crippen LogP contribution in [0, 0.1) is 6.92 Å². The summed E-state index contributed by atoms with van der Waals surface area (Å²) < 4.78 is 5.17. The number of carbonyl (C=O) groups is 1. The van der Waals surface area contributed by atoms with E-state index in [1.807, 2.05) is 0 Å². The molecule has 0 amide bonds. The number of hydrogen-bond donors (Lipinski definition) is 0. The number of benzene rings is 1. The highest BCUT2D eigenvalue weighted by molar-refractivity contribution is 5.69. The molecule has 0 saturated heterocycles. The van der Waals surface area contributed by atoms with Crippen molar-refractivity contribution in [3.05, 3.63) is 35.4 Å². The van der Waals surface area contributed by atoms with Gasteiger partial charge >= 0.3 is 5.97 Å². The summed E-state index contributed by atoms with van der Waals surface area (Å²) in [4.78, 5) is 11.4. The normalized spacial score (nSPS) is 10.3. The molecule has 0 aromatic heterocycles. The van der Waals surface area contributed by atoms with Gasteiger partial charge in [-0.25, -0.2) is 0 Å². The monoisotopic (exact) mass is 248 g/mol. The van der Waals surface area contributed by atoms with E-state index in [1.165, 1.54) is 11.1 Å². The summed E-state index contributed by atoms with van der Waals surface area (Å²) in [5.41, 5.74) is 2.57. The van der Waals surface area contributed by atoms with E-state index >= 15 is 0 Å². The molecule has 0 bridgehead atoms. The van der Waals surface area contributed by atoms with Gasteiger partial charge in [0.2, 0.25) is 0 Å². The molecule has 0 spiro atoms. The summed E-state index contributed by atoms with van der Waals surface area (Å²) in [6.07, 6.45) is 5.63. The Balaban J connectivity index is 2.12. The summed E-state index contributed by atoms with van der Waals surface area (Å²) in [6.45, 7) is 4.81. The van der Waals surface area contributed by atoms with Crippen LogP contribution in [-0.2, 0) is 16.0 Å². The van der Waals surface area contributed by atoms with Gasteiger partial charge < -0.3 is 4.74 Å². The van der Waals surface area contributed by atoms with E-state index in [-0.39, 0.29) is 5.97 Å².